The van der Waals surface area contributed by atoms with Gasteiger partial charge in [0.1, 0.15) is 12.4 Å². The average molecular weight is 576 g/mol. The van der Waals surface area contributed by atoms with Crippen molar-refractivity contribution in [1.29, 1.82) is 0 Å². The lowest BCUT2D eigenvalue weighted by Gasteiger charge is -2.49. The number of rotatable bonds is 8. The van der Waals surface area contributed by atoms with Crippen molar-refractivity contribution in [2.45, 2.75) is 72.3 Å². The standard InChI is InChI=1S/C34H38FNO6/c1-33(2)15-23-31(25(37)17-33)30(32-24(36(23)12-11-29(39)40)16-34(3,4)18-26(32)38)21-9-10-27(28(14-21)41-5)42-19-20-7-6-8-22(35)13-20/h6-10,13-14,30H,11-12,15-19H2,1-5H3,(H,39,40). The molecule has 2 aromatic rings. The Morgan fingerprint density at radius 1 is 0.929 bits per heavy atom. The van der Waals surface area contributed by atoms with Crippen LogP contribution >= 0.6 is 0 Å². The van der Waals surface area contributed by atoms with Gasteiger partial charge in [0, 0.05) is 47.8 Å². The van der Waals surface area contributed by atoms with Crippen LogP contribution in [0.25, 0.3) is 0 Å². The zero-order valence-corrected chi connectivity index (χ0v) is 24.9. The molecule has 0 atom stereocenters. The Labute approximate surface area is 246 Å². The molecule has 0 amide bonds. The summed E-state index contributed by atoms with van der Waals surface area (Å²) in [5.74, 6) is -1.02. The lowest BCUT2D eigenvalue weighted by Crippen LogP contribution is -2.45. The van der Waals surface area contributed by atoms with E-state index in [4.69, 9.17) is 9.47 Å². The average Bonchev–Trinajstić information content (AvgIpc) is 2.89. The minimum Gasteiger partial charge on any atom is -0.493 e. The maximum absolute atomic E-state index is 13.9. The van der Waals surface area contributed by atoms with Gasteiger partial charge in [-0.2, -0.15) is 0 Å². The van der Waals surface area contributed by atoms with Gasteiger partial charge >= 0.3 is 5.97 Å². The van der Waals surface area contributed by atoms with Crippen LogP contribution in [-0.4, -0.2) is 41.2 Å². The predicted octanol–water partition coefficient (Wildman–Crippen LogP) is 6.57. The van der Waals surface area contributed by atoms with E-state index in [1.165, 1.54) is 19.2 Å². The Morgan fingerprint density at radius 3 is 2.10 bits per heavy atom. The van der Waals surface area contributed by atoms with Gasteiger partial charge in [0.2, 0.25) is 0 Å². The number of carboxylic acid groups (broad SMARTS) is 1. The molecule has 0 radical (unpaired) electrons. The summed E-state index contributed by atoms with van der Waals surface area (Å²) >= 11 is 0. The van der Waals surface area contributed by atoms with Crippen LogP contribution in [0.2, 0.25) is 0 Å². The van der Waals surface area contributed by atoms with E-state index in [0.29, 0.717) is 53.9 Å². The van der Waals surface area contributed by atoms with Crippen molar-refractivity contribution in [2.75, 3.05) is 13.7 Å². The van der Waals surface area contributed by atoms with Gasteiger partial charge in [0.05, 0.1) is 13.5 Å². The lowest BCUT2D eigenvalue weighted by molar-refractivity contribution is -0.137. The highest BCUT2D eigenvalue weighted by Gasteiger charge is 2.49. The molecule has 0 fully saturated rings. The van der Waals surface area contributed by atoms with Gasteiger partial charge in [0.25, 0.3) is 0 Å². The third kappa shape index (κ3) is 5.85. The summed E-state index contributed by atoms with van der Waals surface area (Å²) in [7, 11) is 1.53. The SMILES string of the molecule is COc1cc(C2C3=C(CC(C)(C)CC3=O)N(CCC(=O)O)C3=C2C(=O)CC(C)(C)C3)ccc1OCc1cccc(F)c1. The number of hydrogen-bond donors (Lipinski definition) is 1. The summed E-state index contributed by atoms with van der Waals surface area (Å²) in [4.78, 5) is 41.4. The summed E-state index contributed by atoms with van der Waals surface area (Å²) in [6, 6.07) is 11.6. The quantitative estimate of drug-likeness (QED) is 0.380. The van der Waals surface area contributed by atoms with E-state index in [1.54, 1.807) is 18.2 Å². The number of halogens is 1. The van der Waals surface area contributed by atoms with Gasteiger partial charge < -0.3 is 19.5 Å². The second-order valence-corrected chi connectivity index (χ2v) is 13.2. The monoisotopic (exact) mass is 575 g/mol. The second kappa shape index (κ2) is 11.0. The molecule has 0 spiro atoms. The minimum atomic E-state index is -0.928. The first-order valence-corrected chi connectivity index (χ1v) is 14.4. The van der Waals surface area contributed by atoms with E-state index >= 15 is 0 Å². The molecule has 0 bridgehead atoms. The summed E-state index contributed by atoms with van der Waals surface area (Å²) in [6.45, 7) is 8.53. The molecular formula is C34H38FNO6. The first-order chi connectivity index (χ1) is 19.8. The number of carbonyl (C=O) groups excluding carboxylic acids is 2. The molecule has 1 N–H and O–H groups in total. The number of nitrogens with zero attached hydrogens (tertiary/aromatic N) is 1. The van der Waals surface area contributed by atoms with Crippen LogP contribution in [0.5, 0.6) is 11.5 Å². The number of hydrogen-bond acceptors (Lipinski definition) is 6. The molecule has 0 saturated carbocycles. The molecule has 8 heteroatoms. The summed E-state index contributed by atoms with van der Waals surface area (Å²) in [5.41, 5.74) is 3.58. The van der Waals surface area contributed by atoms with E-state index in [1.807, 2.05) is 44.7 Å². The Hall–Kier alpha value is -3.94. The topological polar surface area (TPSA) is 93.1 Å². The molecule has 0 aromatic heterocycles. The van der Waals surface area contributed by atoms with Crippen molar-refractivity contribution in [3.63, 3.8) is 0 Å². The summed E-state index contributed by atoms with van der Waals surface area (Å²) in [6.07, 6.45) is 1.77. The number of Topliss-reactive ketones (excluding diaryl/α,β-unsaturated/α-hetero) is 2. The Bertz CT molecular complexity index is 1460. The fourth-order valence-electron chi connectivity index (χ4n) is 6.63. The van der Waals surface area contributed by atoms with E-state index in [2.05, 4.69) is 0 Å². The van der Waals surface area contributed by atoms with Crippen LogP contribution in [0.4, 0.5) is 4.39 Å². The van der Waals surface area contributed by atoms with Crippen LogP contribution < -0.4 is 9.47 Å². The van der Waals surface area contributed by atoms with E-state index in [0.717, 1.165) is 17.0 Å². The van der Waals surface area contributed by atoms with Gasteiger partial charge in [-0.15, -0.1) is 0 Å². The normalized spacial score (nSPS) is 19.9. The largest absolute Gasteiger partial charge is 0.493 e. The molecular weight excluding hydrogens is 537 g/mol. The number of ether oxygens (including phenoxy) is 2. The third-order valence-electron chi connectivity index (χ3n) is 8.38. The maximum atomic E-state index is 13.9. The van der Waals surface area contributed by atoms with E-state index in [-0.39, 0.29) is 47.8 Å². The third-order valence-corrected chi connectivity index (χ3v) is 8.38. The van der Waals surface area contributed by atoms with Crippen LogP contribution in [0.1, 0.15) is 76.8 Å². The highest BCUT2D eigenvalue weighted by Crippen LogP contribution is 2.55. The lowest BCUT2D eigenvalue weighted by atomic mass is 9.63. The minimum absolute atomic E-state index is 0.0267. The number of aliphatic carboxylic acids is 1. The molecule has 1 heterocycles. The Kier molecular flexibility index (Phi) is 7.77. The molecule has 1 aliphatic heterocycles. The Morgan fingerprint density at radius 2 is 1.55 bits per heavy atom. The summed E-state index contributed by atoms with van der Waals surface area (Å²) in [5, 5.41) is 9.55. The second-order valence-electron chi connectivity index (χ2n) is 13.2. The zero-order valence-electron chi connectivity index (χ0n) is 24.9. The number of ketones is 2. The highest BCUT2D eigenvalue weighted by molar-refractivity contribution is 6.06. The van der Waals surface area contributed by atoms with Crippen molar-refractivity contribution in [3.05, 3.63) is 81.9 Å². The number of carbonyl (C=O) groups is 3. The molecule has 3 aliphatic rings. The van der Waals surface area contributed by atoms with Crippen molar-refractivity contribution in [3.8, 4) is 11.5 Å². The van der Waals surface area contributed by atoms with Crippen LogP contribution in [0.15, 0.2) is 65.0 Å². The van der Waals surface area contributed by atoms with E-state index < -0.39 is 11.9 Å². The first kappa shape index (κ1) is 29.5. The predicted molar refractivity (Wildman–Crippen MR) is 156 cm³/mol. The van der Waals surface area contributed by atoms with Gasteiger partial charge in [-0.1, -0.05) is 45.9 Å². The fraction of sp³-hybridized carbons (Fsp3) is 0.441. The first-order valence-electron chi connectivity index (χ1n) is 14.4. The molecule has 5 rings (SSSR count). The van der Waals surface area contributed by atoms with Crippen molar-refractivity contribution in [2.24, 2.45) is 10.8 Å². The fourth-order valence-corrected chi connectivity index (χ4v) is 6.63. The van der Waals surface area contributed by atoms with Gasteiger partial charge in [0.15, 0.2) is 23.1 Å². The number of allylic oxidation sites excluding steroid dienone is 4. The van der Waals surface area contributed by atoms with E-state index in [9.17, 15) is 23.9 Å². The van der Waals surface area contributed by atoms with Crippen LogP contribution in [0, 0.1) is 16.6 Å². The highest BCUT2D eigenvalue weighted by atomic mass is 19.1. The Balaban J connectivity index is 1.62. The number of carboxylic acids is 1. The van der Waals surface area contributed by atoms with Gasteiger partial charge in [-0.05, 0) is 59.1 Å². The van der Waals surface area contributed by atoms with Crippen molar-refractivity contribution < 1.29 is 33.4 Å². The molecule has 0 unspecified atom stereocenters. The molecule has 42 heavy (non-hydrogen) atoms. The van der Waals surface area contributed by atoms with Gasteiger partial charge in [-0.25, -0.2) is 4.39 Å². The maximum Gasteiger partial charge on any atom is 0.305 e. The summed E-state index contributed by atoms with van der Waals surface area (Å²) < 4.78 is 25.3. The molecule has 2 aromatic carbocycles. The van der Waals surface area contributed by atoms with Gasteiger partial charge in [-0.3, -0.25) is 14.4 Å². The molecule has 222 valence electrons. The number of benzene rings is 2. The van der Waals surface area contributed by atoms with Crippen LogP contribution in [-0.2, 0) is 21.0 Å². The molecule has 2 aliphatic carbocycles. The van der Waals surface area contributed by atoms with Crippen LogP contribution in [0.3, 0.4) is 0 Å². The number of methoxy groups -OCH3 is 1. The zero-order chi connectivity index (χ0) is 30.4. The molecule has 0 saturated heterocycles. The van der Waals surface area contributed by atoms with Crippen molar-refractivity contribution in [1.82, 2.24) is 4.90 Å². The van der Waals surface area contributed by atoms with Crippen molar-refractivity contribution >= 4 is 17.5 Å². The smallest absolute Gasteiger partial charge is 0.305 e. The molecule has 7 nitrogen and oxygen atoms in total.